The predicted octanol–water partition coefficient (Wildman–Crippen LogP) is 3.22. The monoisotopic (exact) mass is 281 g/mol. The van der Waals surface area contributed by atoms with Gasteiger partial charge in [-0.1, -0.05) is 30.7 Å². The van der Waals surface area contributed by atoms with Gasteiger partial charge in [-0.15, -0.1) is 0 Å². The summed E-state index contributed by atoms with van der Waals surface area (Å²) in [6.45, 7) is 4.18. The summed E-state index contributed by atoms with van der Waals surface area (Å²) in [6.07, 6.45) is 4.65. The molecule has 0 saturated heterocycles. The van der Waals surface area contributed by atoms with Crippen molar-refractivity contribution < 1.29 is 4.39 Å². The third-order valence-electron chi connectivity index (χ3n) is 2.88. The molecular formula is C14H17ClFN3. The molecule has 3 nitrogen and oxygen atoms in total. The third kappa shape index (κ3) is 3.55. The van der Waals surface area contributed by atoms with Crippen LogP contribution in [0.3, 0.4) is 0 Å². The molecule has 2 rings (SSSR count). The average Bonchev–Trinajstić information content (AvgIpc) is 2.83. The molecule has 0 bridgehead atoms. The first-order chi connectivity index (χ1) is 9.22. The first-order valence-electron chi connectivity index (χ1n) is 6.36. The Labute approximate surface area is 117 Å². The van der Waals surface area contributed by atoms with Crippen molar-refractivity contribution in [2.75, 3.05) is 6.54 Å². The van der Waals surface area contributed by atoms with Gasteiger partial charge in [0.2, 0.25) is 0 Å². The molecule has 0 amide bonds. The van der Waals surface area contributed by atoms with Crippen LogP contribution >= 0.6 is 11.6 Å². The number of hydrogen-bond acceptors (Lipinski definition) is 2. The molecule has 0 unspecified atom stereocenters. The van der Waals surface area contributed by atoms with Crippen LogP contribution in [-0.4, -0.2) is 16.1 Å². The van der Waals surface area contributed by atoms with Gasteiger partial charge in [0.25, 0.3) is 0 Å². The van der Waals surface area contributed by atoms with Gasteiger partial charge in [-0.2, -0.15) is 0 Å². The molecule has 1 heterocycles. The van der Waals surface area contributed by atoms with Gasteiger partial charge >= 0.3 is 0 Å². The fraction of sp³-hybridized carbons (Fsp3) is 0.357. The smallest absolute Gasteiger partial charge is 0.146 e. The van der Waals surface area contributed by atoms with Crippen molar-refractivity contribution >= 4 is 11.6 Å². The van der Waals surface area contributed by atoms with Crippen LogP contribution in [0.1, 0.15) is 24.7 Å². The molecular weight excluding hydrogens is 265 g/mol. The van der Waals surface area contributed by atoms with Crippen molar-refractivity contribution in [2.45, 2.75) is 26.4 Å². The lowest BCUT2D eigenvalue weighted by atomic mass is 10.2. The topological polar surface area (TPSA) is 29.9 Å². The fourth-order valence-electron chi connectivity index (χ4n) is 1.88. The summed E-state index contributed by atoms with van der Waals surface area (Å²) in [6, 6.07) is 5.05. The van der Waals surface area contributed by atoms with Crippen molar-refractivity contribution in [2.24, 2.45) is 0 Å². The van der Waals surface area contributed by atoms with Crippen LogP contribution in [0.2, 0.25) is 5.02 Å². The summed E-state index contributed by atoms with van der Waals surface area (Å²) in [5.74, 6) is 0.540. The minimum absolute atomic E-state index is 0.156. The van der Waals surface area contributed by atoms with Crippen molar-refractivity contribution in [1.82, 2.24) is 14.9 Å². The van der Waals surface area contributed by atoms with Gasteiger partial charge in [-0.05, 0) is 19.0 Å². The molecule has 102 valence electrons. The standard InChI is InChI=1S/C14H17ClFN3/c1-2-6-17-9-13-18-7-8-19(13)10-11-4-3-5-12(15)14(11)16/h3-5,7-8,17H,2,6,9-10H2,1H3. The van der Waals surface area contributed by atoms with E-state index in [-0.39, 0.29) is 10.8 Å². The summed E-state index contributed by atoms with van der Waals surface area (Å²) < 4.78 is 15.8. The highest BCUT2D eigenvalue weighted by atomic mass is 35.5. The highest BCUT2D eigenvalue weighted by molar-refractivity contribution is 6.30. The number of benzene rings is 1. The Hall–Kier alpha value is -1.39. The molecule has 19 heavy (non-hydrogen) atoms. The van der Waals surface area contributed by atoms with E-state index in [9.17, 15) is 4.39 Å². The fourth-order valence-corrected chi connectivity index (χ4v) is 2.08. The number of nitrogens with zero attached hydrogens (tertiary/aromatic N) is 2. The summed E-state index contributed by atoms with van der Waals surface area (Å²) in [7, 11) is 0. The van der Waals surface area contributed by atoms with E-state index < -0.39 is 0 Å². The summed E-state index contributed by atoms with van der Waals surface area (Å²) in [5.41, 5.74) is 0.572. The van der Waals surface area contributed by atoms with E-state index in [0.717, 1.165) is 18.8 Å². The number of imidazole rings is 1. The van der Waals surface area contributed by atoms with Crippen LogP contribution in [-0.2, 0) is 13.1 Å². The first kappa shape index (κ1) is 14.0. The summed E-state index contributed by atoms with van der Waals surface area (Å²) in [5, 5.41) is 3.44. The van der Waals surface area contributed by atoms with Gasteiger partial charge in [0.1, 0.15) is 11.6 Å². The molecule has 5 heteroatoms. The predicted molar refractivity (Wildman–Crippen MR) is 74.7 cm³/mol. The Morgan fingerprint density at radius 1 is 1.42 bits per heavy atom. The van der Waals surface area contributed by atoms with Crippen LogP contribution in [0.25, 0.3) is 0 Å². The van der Waals surface area contributed by atoms with Crippen LogP contribution in [0.15, 0.2) is 30.6 Å². The Balaban J connectivity index is 2.11. The molecule has 2 aromatic rings. The van der Waals surface area contributed by atoms with E-state index in [1.54, 1.807) is 24.4 Å². The minimum atomic E-state index is -0.356. The number of hydrogen-bond donors (Lipinski definition) is 1. The second-order valence-electron chi connectivity index (χ2n) is 4.36. The highest BCUT2D eigenvalue weighted by Crippen LogP contribution is 2.19. The van der Waals surface area contributed by atoms with E-state index >= 15 is 0 Å². The third-order valence-corrected chi connectivity index (χ3v) is 3.18. The second kappa shape index (κ2) is 6.68. The van der Waals surface area contributed by atoms with Crippen LogP contribution in [0.4, 0.5) is 4.39 Å². The Morgan fingerprint density at radius 3 is 3.05 bits per heavy atom. The van der Waals surface area contributed by atoms with Crippen molar-refractivity contribution in [3.63, 3.8) is 0 Å². The Bertz CT molecular complexity index is 539. The second-order valence-corrected chi connectivity index (χ2v) is 4.77. The zero-order valence-corrected chi connectivity index (χ0v) is 11.6. The average molecular weight is 282 g/mol. The van der Waals surface area contributed by atoms with E-state index in [2.05, 4.69) is 17.2 Å². The van der Waals surface area contributed by atoms with E-state index in [1.807, 2.05) is 10.8 Å². The van der Waals surface area contributed by atoms with Crippen molar-refractivity contribution in [1.29, 1.82) is 0 Å². The lowest BCUT2D eigenvalue weighted by Crippen LogP contribution is -2.18. The normalized spacial score (nSPS) is 10.9. The molecule has 0 aliphatic heterocycles. The van der Waals surface area contributed by atoms with Crippen LogP contribution in [0, 0.1) is 5.82 Å². The van der Waals surface area contributed by atoms with Gasteiger partial charge in [0.15, 0.2) is 0 Å². The molecule has 0 saturated carbocycles. The lowest BCUT2D eigenvalue weighted by Gasteiger charge is -2.10. The molecule has 1 N–H and O–H groups in total. The van der Waals surface area contributed by atoms with E-state index in [0.29, 0.717) is 18.7 Å². The van der Waals surface area contributed by atoms with Gasteiger partial charge in [0, 0.05) is 18.0 Å². The molecule has 0 aliphatic carbocycles. The Morgan fingerprint density at radius 2 is 2.26 bits per heavy atom. The molecule has 0 spiro atoms. The van der Waals surface area contributed by atoms with Crippen molar-refractivity contribution in [3.8, 4) is 0 Å². The largest absolute Gasteiger partial charge is 0.329 e. The Kier molecular flexibility index (Phi) is 4.93. The number of rotatable bonds is 6. The van der Waals surface area contributed by atoms with Gasteiger partial charge in [-0.3, -0.25) is 0 Å². The lowest BCUT2D eigenvalue weighted by molar-refractivity contribution is 0.581. The van der Waals surface area contributed by atoms with Gasteiger partial charge in [0.05, 0.1) is 18.1 Å². The maximum atomic E-state index is 13.9. The number of nitrogens with one attached hydrogen (secondary N) is 1. The van der Waals surface area contributed by atoms with E-state index in [4.69, 9.17) is 11.6 Å². The first-order valence-corrected chi connectivity index (χ1v) is 6.73. The summed E-state index contributed by atoms with van der Waals surface area (Å²) >= 11 is 5.78. The number of halogens is 2. The zero-order valence-electron chi connectivity index (χ0n) is 10.9. The van der Waals surface area contributed by atoms with Crippen LogP contribution < -0.4 is 5.32 Å². The van der Waals surface area contributed by atoms with Crippen LogP contribution in [0.5, 0.6) is 0 Å². The van der Waals surface area contributed by atoms with Gasteiger partial charge in [-0.25, -0.2) is 9.37 Å². The summed E-state index contributed by atoms with van der Waals surface area (Å²) in [4.78, 5) is 4.28. The molecule has 1 aromatic carbocycles. The molecule has 0 fully saturated rings. The highest BCUT2D eigenvalue weighted by Gasteiger charge is 2.09. The molecule has 0 atom stereocenters. The quantitative estimate of drug-likeness (QED) is 0.824. The molecule has 0 aliphatic rings. The minimum Gasteiger partial charge on any atom is -0.329 e. The number of aromatic nitrogens is 2. The van der Waals surface area contributed by atoms with Crippen molar-refractivity contribution in [3.05, 3.63) is 52.8 Å². The SMILES string of the molecule is CCCNCc1nccn1Cc1cccc(Cl)c1F. The maximum absolute atomic E-state index is 13.9. The maximum Gasteiger partial charge on any atom is 0.146 e. The van der Waals surface area contributed by atoms with E-state index in [1.165, 1.54) is 0 Å². The molecule has 0 radical (unpaired) electrons. The zero-order chi connectivity index (χ0) is 13.7. The van der Waals surface area contributed by atoms with Gasteiger partial charge < -0.3 is 9.88 Å². The molecule has 1 aromatic heterocycles.